The molecular formula is C11H20N2. The van der Waals surface area contributed by atoms with Gasteiger partial charge in [0.25, 0.3) is 0 Å². The Balaban J connectivity index is 2.55. The molecule has 1 unspecified atom stereocenters. The second-order valence-electron chi connectivity index (χ2n) is 4.76. The van der Waals surface area contributed by atoms with E-state index in [4.69, 9.17) is 11.0 Å². The van der Waals surface area contributed by atoms with E-state index in [9.17, 15) is 0 Å². The molecule has 0 aromatic heterocycles. The maximum Gasteiger partial charge on any atom is 0.0700 e. The van der Waals surface area contributed by atoms with E-state index < -0.39 is 0 Å². The zero-order chi connectivity index (χ0) is 9.90. The fraction of sp³-hybridized carbons (Fsp3) is 0.909. The van der Waals surface area contributed by atoms with Crippen LogP contribution >= 0.6 is 0 Å². The molecule has 0 radical (unpaired) electrons. The van der Waals surface area contributed by atoms with Crippen molar-refractivity contribution in [2.24, 2.45) is 17.1 Å². The third-order valence-electron chi connectivity index (χ3n) is 3.28. The first-order valence-electron chi connectivity index (χ1n) is 5.25. The summed E-state index contributed by atoms with van der Waals surface area (Å²) >= 11 is 0. The lowest BCUT2D eigenvalue weighted by atomic mass is 9.73. The topological polar surface area (TPSA) is 49.8 Å². The highest BCUT2D eigenvalue weighted by Crippen LogP contribution is 2.33. The van der Waals surface area contributed by atoms with Crippen molar-refractivity contribution in [2.45, 2.75) is 52.0 Å². The van der Waals surface area contributed by atoms with Gasteiger partial charge < -0.3 is 5.73 Å². The molecule has 0 aromatic carbocycles. The van der Waals surface area contributed by atoms with Gasteiger partial charge in [-0.25, -0.2) is 0 Å². The number of hydrogen-bond acceptors (Lipinski definition) is 2. The maximum atomic E-state index is 8.97. The fourth-order valence-electron chi connectivity index (χ4n) is 2.16. The van der Waals surface area contributed by atoms with Gasteiger partial charge in [-0.2, -0.15) is 5.26 Å². The highest BCUT2D eigenvalue weighted by atomic mass is 14.7. The van der Waals surface area contributed by atoms with Gasteiger partial charge in [0.15, 0.2) is 0 Å². The van der Waals surface area contributed by atoms with Gasteiger partial charge in [-0.05, 0) is 32.6 Å². The van der Waals surface area contributed by atoms with E-state index >= 15 is 0 Å². The van der Waals surface area contributed by atoms with Gasteiger partial charge in [0.05, 0.1) is 11.5 Å². The summed E-state index contributed by atoms with van der Waals surface area (Å²) in [6.07, 6.45) is 6.36. The summed E-state index contributed by atoms with van der Waals surface area (Å²) in [5, 5.41) is 8.97. The van der Waals surface area contributed by atoms with Crippen molar-refractivity contribution in [3.05, 3.63) is 0 Å². The largest absolute Gasteiger partial charge is 0.326 e. The van der Waals surface area contributed by atoms with Crippen molar-refractivity contribution >= 4 is 0 Å². The van der Waals surface area contributed by atoms with Gasteiger partial charge in [-0.1, -0.05) is 19.3 Å². The maximum absolute atomic E-state index is 8.97. The second kappa shape index (κ2) is 4.11. The minimum absolute atomic E-state index is 0.0535. The molecule has 1 atom stereocenters. The summed E-state index contributed by atoms with van der Waals surface area (Å²) in [5.41, 5.74) is 5.76. The van der Waals surface area contributed by atoms with Crippen LogP contribution in [0.2, 0.25) is 0 Å². The van der Waals surface area contributed by atoms with E-state index in [-0.39, 0.29) is 11.5 Å². The molecule has 74 valence electrons. The lowest BCUT2D eigenvalue weighted by molar-refractivity contribution is 0.222. The minimum Gasteiger partial charge on any atom is -0.326 e. The Morgan fingerprint density at radius 2 is 1.85 bits per heavy atom. The van der Waals surface area contributed by atoms with Crippen molar-refractivity contribution in [2.75, 3.05) is 0 Å². The van der Waals surface area contributed by atoms with Crippen LogP contribution in [0, 0.1) is 22.7 Å². The van der Waals surface area contributed by atoms with E-state index in [1.807, 2.05) is 13.8 Å². The van der Waals surface area contributed by atoms with E-state index in [1.165, 1.54) is 32.1 Å². The molecule has 1 saturated carbocycles. The summed E-state index contributed by atoms with van der Waals surface area (Å²) in [4.78, 5) is 0. The molecule has 0 amide bonds. The molecule has 0 saturated heterocycles. The highest BCUT2D eigenvalue weighted by Gasteiger charge is 2.33. The summed E-state index contributed by atoms with van der Waals surface area (Å²) in [6, 6.07) is 2.37. The Hall–Kier alpha value is -0.550. The van der Waals surface area contributed by atoms with Crippen LogP contribution < -0.4 is 5.73 Å². The van der Waals surface area contributed by atoms with Crippen molar-refractivity contribution in [3.63, 3.8) is 0 Å². The van der Waals surface area contributed by atoms with Crippen LogP contribution in [0.1, 0.15) is 46.0 Å². The molecule has 2 N–H and O–H groups in total. The van der Waals surface area contributed by atoms with E-state index in [0.29, 0.717) is 5.92 Å². The minimum atomic E-state index is -0.359. The molecule has 1 fully saturated rings. The predicted octanol–water partition coefficient (Wildman–Crippen LogP) is 2.44. The lowest BCUT2D eigenvalue weighted by Gasteiger charge is -2.34. The van der Waals surface area contributed by atoms with Crippen molar-refractivity contribution in [1.29, 1.82) is 5.26 Å². The Bertz CT molecular complexity index is 197. The molecule has 0 heterocycles. The Kier molecular flexibility index (Phi) is 3.33. The number of rotatable bonds is 2. The van der Waals surface area contributed by atoms with Crippen LogP contribution in [-0.4, -0.2) is 6.04 Å². The normalized spacial score (nSPS) is 22.3. The molecule has 0 bridgehead atoms. The van der Waals surface area contributed by atoms with Crippen LogP contribution in [-0.2, 0) is 0 Å². The number of nitriles is 1. The first-order chi connectivity index (χ1) is 6.08. The smallest absolute Gasteiger partial charge is 0.0700 e. The van der Waals surface area contributed by atoms with E-state index in [0.717, 1.165) is 0 Å². The monoisotopic (exact) mass is 180 g/mol. The van der Waals surface area contributed by atoms with Gasteiger partial charge in [0.2, 0.25) is 0 Å². The fourth-order valence-corrected chi connectivity index (χ4v) is 2.16. The summed E-state index contributed by atoms with van der Waals surface area (Å²) in [5.74, 6) is 0.573. The van der Waals surface area contributed by atoms with Crippen LogP contribution in [0.4, 0.5) is 0 Å². The Morgan fingerprint density at radius 3 is 2.31 bits per heavy atom. The molecule has 0 spiro atoms. The molecule has 0 aromatic rings. The van der Waals surface area contributed by atoms with Crippen LogP contribution in [0.25, 0.3) is 0 Å². The summed E-state index contributed by atoms with van der Waals surface area (Å²) in [6.45, 7) is 3.90. The quantitative estimate of drug-likeness (QED) is 0.709. The third-order valence-corrected chi connectivity index (χ3v) is 3.28. The van der Waals surface area contributed by atoms with E-state index in [1.54, 1.807) is 0 Å². The highest BCUT2D eigenvalue weighted by molar-refractivity contribution is 5.01. The molecule has 0 aliphatic heterocycles. The second-order valence-corrected chi connectivity index (χ2v) is 4.76. The first-order valence-corrected chi connectivity index (χ1v) is 5.25. The van der Waals surface area contributed by atoms with Crippen molar-refractivity contribution < 1.29 is 0 Å². The van der Waals surface area contributed by atoms with Gasteiger partial charge in [0, 0.05) is 6.04 Å². The zero-order valence-corrected chi connectivity index (χ0v) is 8.71. The average Bonchev–Trinajstić information content (AvgIpc) is 2.18. The van der Waals surface area contributed by atoms with Gasteiger partial charge >= 0.3 is 0 Å². The number of nitrogens with two attached hydrogens (primary N) is 1. The van der Waals surface area contributed by atoms with Crippen LogP contribution in [0.5, 0.6) is 0 Å². The third kappa shape index (κ3) is 2.45. The molecule has 1 aliphatic rings. The SMILES string of the molecule is CC(C)(C#N)C(N)C1CCCCC1. The lowest BCUT2D eigenvalue weighted by Crippen LogP contribution is -2.43. The van der Waals surface area contributed by atoms with E-state index in [2.05, 4.69) is 6.07 Å². The summed E-state index contributed by atoms with van der Waals surface area (Å²) in [7, 11) is 0. The molecule has 13 heavy (non-hydrogen) atoms. The van der Waals surface area contributed by atoms with Crippen molar-refractivity contribution in [3.8, 4) is 6.07 Å². The first kappa shape index (κ1) is 10.5. The van der Waals surface area contributed by atoms with Gasteiger partial charge in [-0.3, -0.25) is 0 Å². The Morgan fingerprint density at radius 1 is 1.31 bits per heavy atom. The number of hydrogen-bond donors (Lipinski definition) is 1. The molecular weight excluding hydrogens is 160 g/mol. The molecule has 1 rings (SSSR count). The van der Waals surface area contributed by atoms with Gasteiger partial charge in [0.1, 0.15) is 0 Å². The molecule has 2 nitrogen and oxygen atoms in total. The average molecular weight is 180 g/mol. The standard InChI is InChI=1S/C11H20N2/c1-11(2,8-12)10(13)9-6-4-3-5-7-9/h9-10H,3-7,13H2,1-2H3. The predicted molar refractivity (Wildman–Crippen MR) is 53.9 cm³/mol. The molecule has 1 aliphatic carbocycles. The van der Waals surface area contributed by atoms with Crippen LogP contribution in [0.3, 0.4) is 0 Å². The van der Waals surface area contributed by atoms with Gasteiger partial charge in [-0.15, -0.1) is 0 Å². The molecule has 2 heteroatoms. The Labute approximate surface area is 81.1 Å². The van der Waals surface area contributed by atoms with Crippen molar-refractivity contribution in [1.82, 2.24) is 0 Å². The zero-order valence-electron chi connectivity index (χ0n) is 8.71. The van der Waals surface area contributed by atoms with Crippen LogP contribution in [0.15, 0.2) is 0 Å². The summed E-state index contributed by atoms with van der Waals surface area (Å²) < 4.78 is 0. The number of nitrogens with zero attached hydrogens (tertiary/aromatic N) is 1.